The van der Waals surface area contributed by atoms with Gasteiger partial charge in [0.15, 0.2) is 5.78 Å². The fourth-order valence-electron chi connectivity index (χ4n) is 4.33. The highest BCUT2D eigenvalue weighted by Crippen LogP contribution is 2.31. The predicted octanol–water partition coefficient (Wildman–Crippen LogP) is 5.84. The number of hydrogen-bond donors (Lipinski definition) is 2. The van der Waals surface area contributed by atoms with Crippen LogP contribution in [0.1, 0.15) is 91.3 Å². The van der Waals surface area contributed by atoms with Gasteiger partial charge in [-0.25, -0.2) is 4.79 Å². The molecule has 0 aliphatic heterocycles. The Hall–Kier alpha value is -2.02. The monoisotopic (exact) mass is 504 g/mol. The van der Waals surface area contributed by atoms with E-state index in [1.165, 1.54) is 18.1 Å². The quantitative estimate of drug-likeness (QED) is 0.396. The third-order valence-electron chi connectivity index (χ3n) is 6.36. The lowest BCUT2D eigenvalue weighted by atomic mass is 9.87. The molecule has 0 saturated heterocycles. The van der Waals surface area contributed by atoms with E-state index in [1.54, 1.807) is 32.5 Å². The van der Waals surface area contributed by atoms with Gasteiger partial charge in [-0.15, -0.1) is 0 Å². The highest BCUT2D eigenvalue weighted by molar-refractivity contribution is 7.99. The van der Waals surface area contributed by atoms with Gasteiger partial charge in [-0.1, -0.05) is 45.0 Å². The maximum Gasteiger partial charge on any atom is 0.408 e. The second kappa shape index (κ2) is 13.3. The number of carbonyl (C=O) groups is 3. The molecule has 0 radical (unpaired) electrons. The fraction of sp³-hybridized carbons (Fsp3) is 0.679. The lowest BCUT2D eigenvalue weighted by Crippen LogP contribution is -2.43. The molecule has 0 spiro atoms. The summed E-state index contributed by atoms with van der Waals surface area (Å²) in [5, 5.41) is 6.28. The van der Waals surface area contributed by atoms with Crippen LogP contribution < -0.4 is 10.6 Å². The molecular formula is C28H44N2O4S. The zero-order valence-electron chi connectivity index (χ0n) is 22.5. The highest BCUT2D eigenvalue weighted by Gasteiger charge is 2.27. The molecule has 7 heteroatoms. The summed E-state index contributed by atoms with van der Waals surface area (Å²) >= 11 is 1.78. The molecule has 1 aromatic carbocycles. The Morgan fingerprint density at radius 3 is 2.43 bits per heavy atom. The lowest BCUT2D eigenvalue weighted by molar-refractivity contribution is -0.124. The van der Waals surface area contributed by atoms with Gasteiger partial charge in [-0.3, -0.25) is 9.59 Å². The van der Waals surface area contributed by atoms with Crippen molar-refractivity contribution in [3.05, 3.63) is 35.4 Å². The molecule has 0 heterocycles. The SMILES string of the molecule is CC(=O)C(CCC(SCC(C)C(=O)N[C@@H]1CCCc2ccccc21)C(C)C)NC(=O)OC(C)(C)C. The van der Waals surface area contributed by atoms with Gasteiger partial charge in [0.25, 0.3) is 0 Å². The number of Topliss-reactive ketones (excluding diaryl/α,β-unsaturated/α-hetero) is 1. The number of alkyl carbamates (subject to hydrolysis) is 1. The second-order valence-electron chi connectivity index (χ2n) is 11.1. The summed E-state index contributed by atoms with van der Waals surface area (Å²) in [6, 6.07) is 7.92. The van der Waals surface area contributed by atoms with E-state index in [9.17, 15) is 14.4 Å². The lowest BCUT2D eigenvalue weighted by Gasteiger charge is -2.28. The van der Waals surface area contributed by atoms with E-state index in [0.29, 0.717) is 18.1 Å². The standard InChI is InChI=1S/C28H44N2O4S/c1-18(2)25(16-15-23(20(4)31)30-27(33)34-28(5,6)7)35-17-19(3)26(32)29-24-14-10-12-21-11-8-9-13-22(21)24/h8-9,11,13,18-19,23-25H,10,12,14-17H2,1-7H3,(H,29,32)(H,30,33)/t19?,23?,24-,25?/m1/s1. The summed E-state index contributed by atoms with van der Waals surface area (Å²) in [7, 11) is 0. The summed E-state index contributed by atoms with van der Waals surface area (Å²) in [6.45, 7) is 13.2. The first-order valence-corrected chi connectivity index (χ1v) is 13.9. The second-order valence-corrected chi connectivity index (χ2v) is 12.3. The van der Waals surface area contributed by atoms with Crippen molar-refractivity contribution in [2.45, 2.75) is 104 Å². The molecule has 1 aromatic rings. The van der Waals surface area contributed by atoms with Gasteiger partial charge < -0.3 is 15.4 Å². The summed E-state index contributed by atoms with van der Waals surface area (Å²) in [4.78, 5) is 37.2. The average Bonchev–Trinajstić information content (AvgIpc) is 2.76. The molecule has 1 aliphatic rings. The third-order valence-corrected chi connectivity index (χ3v) is 8.26. The van der Waals surface area contributed by atoms with Crippen molar-refractivity contribution in [1.29, 1.82) is 0 Å². The van der Waals surface area contributed by atoms with E-state index in [1.807, 2.05) is 13.0 Å². The Labute approximate surface area is 215 Å². The molecule has 2 N–H and O–H groups in total. The number of fused-ring (bicyclic) bond motifs is 1. The number of benzene rings is 1. The molecule has 6 nitrogen and oxygen atoms in total. The van der Waals surface area contributed by atoms with E-state index in [2.05, 4.69) is 42.7 Å². The van der Waals surface area contributed by atoms with Crippen molar-refractivity contribution in [3.8, 4) is 0 Å². The molecule has 0 bridgehead atoms. The predicted molar refractivity (Wildman–Crippen MR) is 144 cm³/mol. The van der Waals surface area contributed by atoms with Gasteiger partial charge in [0, 0.05) is 16.9 Å². The fourth-order valence-corrected chi connectivity index (χ4v) is 5.70. The first-order valence-electron chi connectivity index (χ1n) is 12.9. The van der Waals surface area contributed by atoms with Crippen LogP contribution in [0.2, 0.25) is 0 Å². The van der Waals surface area contributed by atoms with E-state index in [-0.39, 0.29) is 28.9 Å². The van der Waals surface area contributed by atoms with Crippen LogP contribution in [-0.4, -0.2) is 40.4 Å². The van der Waals surface area contributed by atoms with Crippen LogP contribution >= 0.6 is 11.8 Å². The van der Waals surface area contributed by atoms with Crippen LogP contribution in [0.5, 0.6) is 0 Å². The van der Waals surface area contributed by atoms with Crippen molar-refractivity contribution >= 4 is 29.5 Å². The average molecular weight is 505 g/mol. The van der Waals surface area contributed by atoms with Gasteiger partial charge in [-0.05, 0) is 76.8 Å². The number of nitrogens with one attached hydrogen (secondary N) is 2. The van der Waals surface area contributed by atoms with Crippen LogP contribution in [0.3, 0.4) is 0 Å². The van der Waals surface area contributed by atoms with Crippen molar-refractivity contribution in [3.63, 3.8) is 0 Å². The number of hydrogen-bond acceptors (Lipinski definition) is 5. The van der Waals surface area contributed by atoms with Gasteiger partial charge in [0.1, 0.15) is 5.60 Å². The summed E-state index contributed by atoms with van der Waals surface area (Å²) < 4.78 is 5.31. The van der Waals surface area contributed by atoms with Gasteiger partial charge in [-0.2, -0.15) is 11.8 Å². The number of carbonyl (C=O) groups excluding carboxylic acids is 3. The molecule has 0 fully saturated rings. The minimum atomic E-state index is -0.613. The molecule has 2 rings (SSSR count). The van der Waals surface area contributed by atoms with Gasteiger partial charge in [0.05, 0.1) is 12.1 Å². The van der Waals surface area contributed by atoms with Crippen molar-refractivity contribution < 1.29 is 19.1 Å². The first kappa shape index (κ1) is 29.2. The Kier molecular flexibility index (Phi) is 11.1. The number of thioether (sulfide) groups is 1. The normalized spacial score (nSPS) is 18.2. The summed E-state index contributed by atoms with van der Waals surface area (Å²) in [6.07, 6.45) is 3.90. The van der Waals surface area contributed by atoms with Crippen molar-refractivity contribution in [2.24, 2.45) is 11.8 Å². The number of amides is 2. The highest BCUT2D eigenvalue weighted by atomic mass is 32.2. The van der Waals surface area contributed by atoms with Gasteiger partial charge in [0.2, 0.25) is 5.91 Å². The molecule has 3 unspecified atom stereocenters. The Morgan fingerprint density at radius 2 is 1.80 bits per heavy atom. The molecule has 35 heavy (non-hydrogen) atoms. The molecule has 1 aliphatic carbocycles. The van der Waals surface area contributed by atoms with Crippen molar-refractivity contribution in [2.75, 3.05) is 5.75 Å². The Morgan fingerprint density at radius 1 is 1.11 bits per heavy atom. The molecule has 0 aromatic heterocycles. The number of aryl methyl sites for hydroxylation is 1. The van der Waals surface area contributed by atoms with Crippen LogP contribution in [0.25, 0.3) is 0 Å². The van der Waals surface area contributed by atoms with E-state index < -0.39 is 17.7 Å². The summed E-state index contributed by atoms with van der Waals surface area (Å²) in [5.74, 6) is 1.00. The minimum Gasteiger partial charge on any atom is -0.444 e. The van der Waals surface area contributed by atoms with E-state index >= 15 is 0 Å². The molecule has 2 amide bonds. The largest absolute Gasteiger partial charge is 0.444 e. The zero-order chi connectivity index (χ0) is 26.2. The minimum absolute atomic E-state index is 0.0797. The van der Waals surface area contributed by atoms with E-state index in [4.69, 9.17) is 4.74 Å². The number of rotatable bonds is 11. The molecule has 0 saturated carbocycles. The van der Waals surface area contributed by atoms with Crippen LogP contribution in [0.15, 0.2) is 24.3 Å². The Balaban J connectivity index is 1.87. The van der Waals surface area contributed by atoms with E-state index in [0.717, 1.165) is 25.7 Å². The molecular weight excluding hydrogens is 460 g/mol. The third kappa shape index (κ3) is 9.86. The smallest absolute Gasteiger partial charge is 0.408 e. The topological polar surface area (TPSA) is 84.5 Å². The molecule has 196 valence electrons. The maximum absolute atomic E-state index is 13.0. The van der Waals surface area contributed by atoms with Gasteiger partial charge >= 0.3 is 6.09 Å². The molecule has 4 atom stereocenters. The van der Waals surface area contributed by atoms with Crippen LogP contribution in [-0.2, 0) is 20.7 Å². The Bertz CT molecular complexity index is 865. The first-order chi connectivity index (χ1) is 16.4. The zero-order valence-corrected chi connectivity index (χ0v) is 23.3. The van der Waals surface area contributed by atoms with Crippen LogP contribution in [0, 0.1) is 11.8 Å². The van der Waals surface area contributed by atoms with Crippen LogP contribution in [0.4, 0.5) is 4.79 Å². The number of ether oxygens (including phenoxy) is 1. The maximum atomic E-state index is 13.0. The number of ketones is 1. The summed E-state index contributed by atoms with van der Waals surface area (Å²) in [5.41, 5.74) is 1.98. The van der Waals surface area contributed by atoms with Crippen molar-refractivity contribution in [1.82, 2.24) is 10.6 Å².